The molecule has 5 nitrogen and oxygen atoms in total. The number of furan rings is 1. The van der Waals surface area contributed by atoms with E-state index in [2.05, 4.69) is 4.98 Å². The van der Waals surface area contributed by atoms with E-state index in [-0.39, 0.29) is 5.91 Å². The topological polar surface area (TPSA) is 55.6 Å². The van der Waals surface area contributed by atoms with Crippen molar-refractivity contribution in [3.05, 3.63) is 78.3 Å². The number of benzene rings is 2. The Kier molecular flexibility index (Phi) is 4.41. The first-order valence-corrected chi connectivity index (χ1v) is 8.90. The fourth-order valence-electron chi connectivity index (χ4n) is 2.67. The Morgan fingerprint density at radius 1 is 1.15 bits per heavy atom. The number of carbonyl (C=O) groups is 1. The second kappa shape index (κ2) is 7.01. The summed E-state index contributed by atoms with van der Waals surface area (Å²) in [6.45, 7) is 0.308. The Bertz CT molecular complexity index is 1010. The third-order valence-electron chi connectivity index (χ3n) is 3.97. The predicted molar refractivity (Wildman–Crippen MR) is 102 cm³/mol. The van der Waals surface area contributed by atoms with Crippen LogP contribution in [-0.4, -0.2) is 18.0 Å². The smallest absolute Gasteiger partial charge is 0.260 e. The highest BCUT2D eigenvalue weighted by Crippen LogP contribution is 2.31. The minimum atomic E-state index is -0.153. The largest absolute Gasteiger partial charge is 0.497 e. The van der Waals surface area contributed by atoms with Crippen molar-refractivity contribution in [3.63, 3.8) is 0 Å². The van der Waals surface area contributed by atoms with Crippen LogP contribution >= 0.6 is 11.3 Å². The van der Waals surface area contributed by atoms with Crippen molar-refractivity contribution in [2.45, 2.75) is 6.54 Å². The van der Waals surface area contributed by atoms with Crippen LogP contribution in [0.2, 0.25) is 0 Å². The molecule has 2 heterocycles. The average Bonchev–Trinajstić information content (AvgIpc) is 3.34. The van der Waals surface area contributed by atoms with E-state index in [1.807, 2.05) is 42.5 Å². The van der Waals surface area contributed by atoms with Gasteiger partial charge in [-0.3, -0.25) is 9.69 Å². The minimum Gasteiger partial charge on any atom is -0.497 e. The van der Waals surface area contributed by atoms with Crippen LogP contribution in [0.3, 0.4) is 0 Å². The highest BCUT2D eigenvalue weighted by atomic mass is 32.1. The van der Waals surface area contributed by atoms with Gasteiger partial charge in [0, 0.05) is 5.56 Å². The summed E-state index contributed by atoms with van der Waals surface area (Å²) in [7, 11) is 1.58. The maximum atomic E-state index is 13.2. The van der Waals surface area contributed by atoms with E-state index < -0.39 is 0 Å². The summed E-state index contributed by atoms with van der Waals surface area (Å²) in [5.74, 6) is 1.18. The van der Waals surface area contributed by atoms with Gasteiger partial charge in [-0.1, -0.05) is 29.5 Å². The second-order valence-corrected chi connectivity index (χ2v) is 6.68. The number of aromatic nitrogens is 1. The van der Waals surface area contributed by atoms with Gasteiger partial charge < -0.3 is 9.15 Å². The van der Waals surface area contributed by atoms with Crippen molar-refractivity contribution in [1.82, 2.24) is 4.98 Å². The Hall–Kier alpha value is -3.12. The summed E-state index contributed by atoms with van der Waals surface area (Å²) >= 11 is 1.48. The van der Waals surface area contributed by atoms with Gasteiger partial charge in [0.15, 0.2) is 5.13 Å². The van der Waals surface area contributed by atoms with Crippen LogP contribution < -0.4 is 9.64 Å². The standard InChI is InChI=1S/C20H16N2O3S/c1-24-15-7-4-6-14(12-15)19(23)22(13-16-8-5-11-25-16)20-21-17-9-2-3-10-18(17)26-20/h2-12H,13H2,1H3. The molecule has 0 aliphatic heterocycles. The van der Waals surface area contributed by atoms with Crippen molar-refractivity contribution >= 4 is 32.6 Å². The molecule has 0 saturated carbocycles. The van der Waals surface area contributed by atoms with E-state index in [1.165, 1.54) is 11.3 Å². The molecule has 0 fully saturated rings. The van der Waals surface area contributed by atoms with Crippen LogP contribution in [0.4, 0.5) is 5.13 Å². The second-order valence-electron chi connectivity index (χ2n) is 5.67. The molecule has 0 aliphatic carbocycles. The zero-order chi connectivity index (χ0) is 17.9. The molecule has 6 heteroatoms. The van der Waals surface area contributed by atoms with Crippen LogP contribution in [0, 0.1) is 0 Å². The Morgan fingerprint density at radius 2 is 2.04 bits per heavy atom. The molecule has 130 valence electrons. The van der Waals surface area contributed by atoms with E-state index in [1.54, 1.807) is 36.5 Å². The minimum absolute atomic E-state index is 0.153. The Labute approximate surface area is 154 Å². The van der Waals surface area contributed by atoms with Gasteiger partial charge in [-0.2, -0.15) is 0 Å². The van der Waals surface area contributed by atoms with Gasteiger partial charge in [0.1, 0.15) is 11.5 Å². The molecular formula is C20H16N2O3S. The normalized spacial score (nSPS) is 10.8. The number of carbonyl (C=O) groups excluding carboxylic acids is 1. The number of thiazole rings is 1. The van der Waals surface area contributed by atoms with Crippen molar-refractivity contribution in [1.29, 1.82) is 0 Å². The first kappa shape index (κ1) is 16.4. The van der Waals surface area contributed by atoms with Gasteiger partial charge in [0.2, 0.25) is 0 Å². The number of rotatable bonds is 5. The number of hydrogen-bond donors (Lipinski definition) is 0. The fraction of sp³-hybridized carbons (Fsp3) is 0.100. The number of ether oxygens (including phenoxy) is 1. The molecule has 0 unspecified atom stereocenters. The summed E-state index contributed by atoms with van der Waals surface area (Å²) in [6.07, 6.45) is 1.60. The zero-order valence-electron chi connectivity index (χ0n) is 14.1. The van der Waals surface area contributed by atoms with Gasteiger partial charge >= 0.3 is 0 Å². The highest BCUT2D eigenvalue weighted by Gasteiger charge is 2.23. The molecule has 0 atom stereocenters. The number of anilines is 1. The molecule has 26 heavy (non-hydrogen) atoms. The van der Waals surface area contributed by atoms with Crippen molar-refractivity contribution in [2.75, 3.05) is 12.0 Å². The van der Waals surface area contributed by atoms with E-state index in [0.717, 1.165) is 10.2 Å². The van der Waals surface area contributed by atoms with Gasteiger partial charge in [0.05, 0.1) is 30.1 Å². The van der Waals surface area contributed by atoms with E-state index >= 15 is 0 Å². The number of nitrogens with zero attached hydrogens (tertiary/aromatic N) is 2. The monoisotopic (exact) mass is 364 g/mol. The fourth-order valence-corrected chi connectivity index (χ4v) is 3.64. The third kappa shape index (κ3) is 3.19. The lowest BCUT2D eigenvalue weighted by atomic mass is 10.2. The maximum absolute atomic E-state index is 13.2. The quantitative estimate of drug-likeness (QED) is 0.513. The molecule has 0 spiro atoms. The van der Waals surface area contributed by atoms with Crippen molar-refractivity contribution in [2.24, 2.45) is 0 Å². The van der Waals surface area contributed by atoms with Gasteiger partial charge in [-0.15, -0.1) is 0 Å². The SMILES string of the molecule is COc1cccc(C(=O)N(Cc2ccco2)c2nc3ccccc3s2)c1. The Morgan fingerprint density at radius 3 is 2.81 bits per heavy atom. The van der Waals surface area contributed by atoms with Crippen molar-refractivity contribution in [3.8, 4) is 5.75 Å². The van der Waals surface area contributed by atoms with E-state index in [4.69, 9.17) is 9.15 Å². The van der Waals surface area contributed by atoms with Crippen LogP contribution in [-0.2, 0) is 6.54 Å². The summed E-state index contributed by atoms with van der Waals surface area (Å²) in [6, 6.07) is 18.6. The number of amides is 1. The lowest BCUT2D eigenvalue weighted by molar-refractivity contribution is 0.0983. The number of hydrogen-bond acceptors (Lipinski definition) is 5. The zero-order valence-corrected chi connectivity index (χ0v) is 14.9. The molecule has 1 amide bonds. The predicted octanol–water partition coefficient (Wildman–Crippen LogP) is 4.74. The lowest BCUT2D eigenvalue weighted by Gasteiger charge is -2.19. The first-order valence-electron chi connectivity index (χ1n) is 8.08. The van der Waals surface area contributed by atoms with E-state index in [9.17, 15) is 4.79 Å². The van der Waals surface area contributed by atoms with Crippen LogP contribution in [0.15, 0.2) is 71.3 Å². The third-order valence-corrected chi connectivity index (χ3v) is 5.03. The van der Waals surface area contributed by atoms with Crippen molar-refractivity contribution < 1.29 is 13.9 Å². The first-order chi connectivity index (χ1) is 12.7. The maximum Gasteiger partial charge on any atom is 0.260 e. The van der Waals surface area contributed by atoms with Gasteiger partial charge in [-0.25, -0.2) is 4.98 Å². The molecule has 4 aromatic rings. The summed E-state index contributed by atoms with van der Waals surface area (Å²) < 4.78 is 11.7. The van der Waals surface area contributed by atoms with Gasteiger partial charge in [-0.05, 0) is 42.5 Å². The van der Waals surface area contributed by atoms with Crippen LogP contribution in [0.1, 0.15) is 16.1 Å². The summed E-state index contributed by atoms with van der Waals surface area (Å²) in [5.41, 5.74) is 1.41. The molecule has 0 saturated heterocycles. The Balaban J connectivity index is 1.75. The summed E-state index contributed by atoms with van der Waals surface area (Å²) in [5, 5.41) is 0.635. The molecule has 2 aromatic carbocycles. The number of fused-ring (bicyclic) bond motifs is 1. The molecule has 2 aromatic heterocycles. The van der Waals surface area contributed by atoms with Crippen LogP contribution in [0.5, 0.6) is 5.75 Å². The molecule has 0 bridgehead atoms. The number of methoxy groups -OCH3 is 1. The molecule has 0 N–H and O–H groups in total. The molecule has 4 rings (SSSR count). The lowest BCUT2D eigenvalue weighted by Crippen LogP contribution is -2.30. The number of para-hydroxylation sites is 1. The average molecular weight is 364 g/mol. The molecule has 0 aliphatic rings. The molecule has 0 radical (unpaired) electrons. The molecular weight excluding hydrogens is 348 g/mol. The van der Waals surface area contributed by atoms with Gasteiger partial charge in [0.25, 0.3) is 5.91 Å². The highest BCUT2D eigenvalue weighted by molar-refractivity contribution is 7.22. The summed E-state index contributed by atoms with van der Waals surface area (Å²) in [4.78, 5) is 19.5. The van der Waals surface area contributed by atoms with Crippen LogP contribution in [0.25, 0.3) is 10.2 Å². The van der Waals surface area contributed by atoms with E-state index in [0.29, 0.717) is 28.7 Å².